The summed E-state index contributed by atoms with van der Waals surface area (Å²) < 4.78 is 0. The maximum absolute atomic E-state index is 12.3. The molecule has 0 radical (unpaired) electrons. The Balaban J connectivity index is 2.21. The zero-order valence-corrected chi connectivity index (χ0v) is 13.1. The maximum Gasteiger partial charge on any atom is 0.272 e. The highest BCUT2D eigenvalue weighted by molar-refractivity contribution is 5.92. The van der Waals surface area contributed by atoms with Gasteiger partial charge in [0, 0.05) is 6.07 Å². The quantitative estimate of drug-likeness (QED) is 0.911. The molecule has 0 aliphatic carbocycles. The molecular formula is C17H21N3O2. The summed E-state index contributed by atoms with van der Waals surface area (Å²) in [6.07, 6.45) is 0.798. The van der Waals surface area contributed by atoms with Crippen molar-refractivity contribution in [3.63, 3.8) is 0 Å². The first-order chi connectivity index (χ1) is 10.3. The van der Waals surface area contributed by atoms with Gasteiger partial charge in [0.2, 0.25) is 0 Å². The number of aromatic amines is 1. The smallest absolute Gasteiger partial charge is 0.272 e. The normalized spacial score (nSPS) is 12.7. The van der Waals surface area contributed by atoms with Crippen LogP contribution in [0.3, 0.4) is 0 Å². The van der Waals surface area contributed by atoms with Crippen LogP contribution in [-0.4, -0.2) is 16.1 Å². The number of carbonyl (C=O) groups is 1. The van der Waals surface area contributed by atoms with Gasteiger partial charge in [-0.25, -0.2) is 5.10 Å². The second kappa shape index (κ2) is 6.56. The summed E-state index contributed by atoms with van der Waals surface area (Å²) >= 11 is 0. The number of aromatic nitrogens is 2. The minimum atomic E-state index is -0.328. The lowest BCUT2D eigenvalue weighted by Crippen LogP contribution is -2.32. The van der Waals surface area contributed by atoms with Crippen molar-refractivity contribution in [2.24, 2.45) is 5.41 Å². The number of benzene rings is 1. The Morgan fingerprint density at radius 2 is 1.86 bits per heavy atom. The first-order valence-corrected chi connectivity index (χ1v) is 7.27. The zero-order valence-electron chi connectivity index (χ0n) is 13.1. The molecule has 2 N–H and O–H groups in total. The predicted octanol–water partition coefficient (Wildman–Crippen LogP) is 2.68. The van der Waals surface area contributed by atoms with Crippen molar-refractivity contribution in [1.29, 1.82) is 0 Å². The highest BCUT2D eigenvalue weighted by Gasteiger charge is 2.22. The second-order valence-corrected chi connectivity index (χ2v) is 6.51. The fourth-order valence-electron chi connectivity index (χ4n) is 2.25. The maximum atomic E-state index is 12.3. The highest BCUT2D eigenvalue weighted by atomic mass is 16.2. The minimum Gasteiger partial charge on any atom is -0.344 e. The third kappa shape index (κ3) is 4.55. The predicted molar refractivity (Wildman–Crippen MR) is 85.6 cm³/mol. The molecule has 1 heterocycles. The molecule has 116 valence electrons. The zero-order chi connectivity index (χ0) is 16.2. The van der Waals surface area contributed by atoms with E-state index in [1.807, 2.05) is 30.3 Å². The van der Waals surface area contributed by atoms with Crippen LogP contribution in [0, 0.1) is 5.41 Å². The first-order valence-electron chi connectivity index (χ1n) is 7.27. The van der Waals surface area contributed by atoms with E-state index in [0.717, 1.165) is 12.0 Å². The van der Waals surface area contributed by atoms with Crippen molar-refractivity contribution in [3.05, 3.63) is 64.1 Å². The van der Waals surface area contributed by atoms with Crippen LogP contribution in [0.4, 0.5) is 0 Å². The number of amides is 1. The molecule has 0 fully saturated rings. The van der Waals surface area contributed by atoms with Crippen molar-refractivity contribution in [2.45, 2.75) is 33.2 Å². The van der Waals surface area contributed by atoms with E-state index >= 15 is 0 Å². The lowest BCUT2D eigenvalue weighted by atomic mass is 9.85. The van der Waals surface area contributed by atoms with Crippen LogP contribution in [0.2, 0.25) is 0 Å². The lowest BCUT2D eigenvalue weighted by molar-refractivity contribution is 0.0920. The van der Waals surface area contributed by atoms with Gasteiger partial charge < -0.3 is 5.32 Å². The van der Waals surface area contributed by atoms with Crippen LogP contribution in [0.25, 0.3) is 0 Å². The third-order valence-corrected chi connectivity index (χ3v) is 3.24. The molecule has 0 saturated heterocycles. The number of nitrogens with zero attached hydrogens (tertiary/aromatic N) is 1. The number of hydrogen-bond donors (Lipinski definition) is 2. The van der Waals surface area contributed by atoms with E-state index in [1.165, 1.54) is 12.1 Å². The van der Waals surface area contributed by atoms with Crippen molar-refractivity contribution in [2.75, 3.05) is 0 Å². The molecule has 1 aromatic heterocycles. The van der Waals surface area contributed by atoms with Gasteiger partial charge in [-0.1, -0.05) is 51.1 Å². The molecule has 1 amide bonds. The van der Waals surface area contributed by atoms with E-state index in [0.29, 0.717) is 0 Å². The third-order valence-electron chi connectivity index (χ3n) is 3.24. The molecule has 5 heteroatoms. The number of hydrogen-bond acceptors (Lipinski definition) is 3. The average Bonchev–Trinajstić information content (AvgIpc) is 2.47. The molecule has 1 atom stereocenters. The summed E-state index contributed by atoms with van der Waals surface area (Å²) in [7, 11) is 0. The van der Waals surface area contributed by atoms with Gasteiger partial charge in [-0.05, 0) is 23.5 Å². The van der Waals surface area contributed by atoms with Crippen LogP contribution in [0.15, 0.2) is 47.3 Å². The number of rotatable bonds is 4. The highest BCUT2D eigenvalue weighted by Crippen LogP contribution is 2.29. The molecule has 0 spiro atoms. The summed E-state index contributed by atoms with van der Waals surface area (Å²) in [6, 6.07) is 12.5. The molecule has 22 heavy (non-hydrogen) atoms. The van der Waals surface area contributed by atoms with E-state index in [4.69, 9.17) is 0 Å². The molecule has 0 aliphatic rings. The standard InChI is InChI=1S/C17H21N3O2/c1-17(2,3)11-14(12-7-5-4-6-8-12)18-16(22)13-9-10-15(21)20-19-13/h4-10,14H,11H2,1-3H3,(H,18,22)(H,20,21). The van der Waals surface area contributed by atoms with Gasteiger partial charge in [0.15, 0.2) is 0 Å². The van der Waals surface area contributed by atoms with Crippen LogP contribution in [-0.2, 0) is 0 Å². The van der Waals surface area contributed by atoms with Gasteiger partial charge in [0.25, 0.3) is 11.5 Å². The number of carbonyl (C=O) groups excluding carboxylic acids is 1. The minimum absolute atomic E-state index is 0.0617. The number of nitrogens with one attached hydrogen (secondary N) is 2. The Bertz CT molecular complexity index is 667. The SMILES string of the molecule is CC(C)(C)CC(NC(=O)c1ccc(=O)[nH]n1)c1ccccc1. The van der Waals surface area contributed by atoms with E-state index in [9.17, 15) is 9.59 Å². The van der Waals surface area contributed by atoms with E-state index in [2.05, 4.69) is 36.3 Å². The molecule has 2 rings (SSSR count). The van der Waals surface area contributed by atoms with Crippen molar-refractivity contribution < 1.29 is 4.79 Å². The Hall–Kier alpha value is -2.43. The van der Waals surface area contributed by atoms with Crippen LogP contribution < -0.4 is 10.9 Å². The average molecular weight is 299 g/mol. The second-order valence-electron chi connectivity index (χ2n) is 6.51. The fraction of sp³-hybridized carbons (Fsp3) is 0.353. The summed E-state index contributed by atoms with van der Waals surface area (Å²) in [4.78, 5) is 23.4. The Kier molecular flexibility index (Phi) is 4.75. The van der Waals surface area contributed by atoms with E-state index in [1.54, 1.807) is 0 Å². The Morgan fingerprint density at radius 1 is 1.18 bits per heavy atom. The summed E-state index contributed by atoms with van der Waals surface area (Å²) in [5.74, 6) is -0.297. The molecule has 2 aromatic rings. The van der Waals surface area contributed by atoms with Gasteiger partial charge in [0.05, 0.1) is 6.04 Å². The first kappa shape index (κ1) is 15.9. The molecule has 0 aliphatic heterocycles. The van der Waals surface area contributed by atoms with Gasteiger partial charge in [-0.15, -0.1) is 0 Å². The topological polar surface area (TPSA) is 74.8 Å². The summed E-state index contributed by atoms with van der Waals surface area (Å²) in [5, 5.41) is 9.05. The van der Waals surface area contributed by atoms with E-state index < -0.39 is 0 Å². The molecular weight excluding hydrogens is 278 g/mol. The molecule has 0 bridgehead atoms. The van der Waals surface area contributed by atoms with Gasteiger partial charge in [0.1, 0.15) is 5.69 Å². The van der Waals surface area contributed by atoms with E-state index in [-0.39, 0.29) is 28.6 Å². The van der Waals surface area contributed by atoms with Gasteiger partial charge >= 0.3 is 0 Å². The molecule has 1 aromatic carbocycles. The largest absolute Gasteiger partial charge is 0.344 e. The van der Waals surface area contributed by atoms with Crippen LogP contribution in [0.1, 0.15) is 49.3 Å². The molecule has 5 nitrogen and oxygen atoms in total. The molecule has 1 unspecified atom stereocenters. The summed E-state index contributed by atoms with van der Waals surface area (Å²) in [6.45, 7) is 6.40. The lowest BCUT2D eigenvalue weighted by Gasteiger charge is -2.27. The number of H-pyrrole nitrogens is 1. The van der Waals surface area contributed by atoms with Crippen molar-refractivity contribution >= 4 is 5.91 Å². The van der Waals surface area contributed by atoms with Gasteiger partial charge in [-0.2, -0.15) is 5.10 Å². The summed E-state index contributed by atoms with van der Waals surface area (Å²) in [5.41, 5.74) is 0.988. The molecule has 0 saturated carbocycles. The van der Waals surface area contributed by atoms with Gasteiger partial charge in [-0.3, -0.25) is 9.59 Å². The Labute approximate surface area is 129 Å². The fourth-order valence-corrected chi connectivity index (χ4v) is 2.25. The monoisotopic (exact) mass is 299 g/mol. The van der Waals surface area contributed by atoms with Crippen molar-refractivity contribution in [3.8, 4) is 0 Å². The van der Waals surface area contributed by atoms with Crippen LogP contribution in [0.5, 0.6) is 0 Å². The van der Waals surface area contributed by atoms with Crippen molar-refractivity contribution in [1.82, 2.24) is 15.5 Å². The Morgan fingerprint density at radius 3 is 2.41 bits per heavy atom. The van der Waals surface area contributed by atoms with Crippen LogP contribution >= 0.6 is 0 Å².